The maximum Gasteiger partial charge on any atom is 0.254 e. The van der Waals surface area contributed by atoms with Gasteiger partial charge in [0.15, 0.2) is 0 Å². The molecule has 1 N–H and O–H groups in total. The fraction of sp³-hybridized carbons (Fsp3) is 0.462. The van der Waals surface area contributed by atoms with Crippen molar-refractivity contribution >= 4 is 17.5 Å². The Morgan fingerprint density at radius 3 is 2.50 bits per heavy atom. The predicted molar refractivity (Wildman–Crippen MR) is 68.0 cm³/mol. The molecule has 0 aliphatic carbocycles. The molecule has 0 aliphatic rings. The van der Waals surface area contributed by atoms with Crippen molar-refractivity contribution in [2.45, 2.75) is 32.7 Å². The van der Waals surface area contributed by atoms with Gasteiger partial charge in [0.1, 0.15) is 11.6 Å². The van der Waals surface area contributed by atoms with Gasteiger partial charge in [-0.1, -0.05) is 0 Å². The van der Waals surface area contributed by atoms with E-state index in [1.807, 2.05) is 0 Å². The Balaban J connectivity index is 2.95. The van der Waals surface area contributed by atoms with E-state index in [4.69, 9.17) is 11.6 Å². The lowest BCUT2D eigenvalue weighted by molar-refractivity contribution is 0.0907. The molecule has 1 amide bonds. The average molecular weight is 276 g/mol. The van der Waals surface area contributed by atoms with Gasteiger partial charge in [-0.25, -0.2) is 8.78 Å². The van der Waals surface area contributed by atoms with Crippen molar-refractivity contribution < 1.29 is 13.6 Å². The van der Waals surface area contributed by atoms with Gasteiger partial charge in [-0.3, -0.25) is 4.79 Å². The molecule has 0 saturated carbocycles. The number of hydrogen-bond acceptors (Lipinski definition) is 1. The number of hydrogen-bond donors (Lipinski definition) is 1. The van der Waals surface area contributed by atoms with Crippen LogP contribution in [0.15, 0.2) is 12.1 Å². The van der Waals surface area contributed by atoms with E-state index in [0.717, 1.165) is 6.07 Å². The second-order valence-electron chi connectivity index (χ2n) is 4.86. The summed E-state index contributed by atoms with van der Waals surface area (Å²) in [6, 6.07) is 1.93. The molecule has 0 bridgehead atoms. The lowest BCUT2D eigenvalue weighted by Gasteiger charge is -2.25. The largest absolute Gasteiger partial charge is 0.347 e. The Labute approximate surface area is 110 Å². The third kappa shape index (κ3) is 3.67. The van der Waals surface area contributed by atoms with Gasteiger partial charge in [-0.2, -0.15) is 0 Å². The fourth-order valence-corrected chi connectivity index (χ4v) is 1.98. The van der Waals surface area contributed by atoms with Gasteiger partial charge in [0.2, 0.25) is 0 Å². The zero-order chi connectivity index (χ0) is 13.9. The lowest BCUT2D eigenvalue weighted by atomic mass is 10.0. The van der Waals surface area contributed by atoms with Gasteiger partial charge >= 0.3 is 0 Å². The maximum atomic E-state index is 13.5. The molecule has 0 atom stereocenters. The highest BCUT2D eigenvalue weighted by molar-refractivity contribution is 6.17. The van der Waals surface area contributed by atoms with Crippen molar-refractivity contribution in [1.82, 2.24) is 5.32 Å². The summed E-state index contributed by atoms with van der Waals surface area (Å²) in [7, 11) is 0. The van der Waals surface area contributed by atoms with Crippen molar-refractivity contribution in [3.8, 4) is 0 Å². The first kappa shape index (κ1) is 14.9. The van der Waals surface area contributed by atoms with Gasteiger partial charge < -0.3 is 5.32 Å². The summed E-state index contributed by atoms with van der Waals surface area (Å²) >= 11 is 5.62. The zero-order valence-electron chi connectivity index (χ0n) is 10.6. The van der Waals surface area contributed by atoms with Crippen LogP contribution in [0.25, 0.3) is 0 Å². The van der Waals surface area contributed by atoms with Crippen molar-refractivity contribution in [3.63, 3.8) is 0 Å². The first-order valence-electron chi connectivity index (χ1n) is 5.61. The highest BCUT2D eigenvalue weighted by Gasteiger charge is 2.22. The Morgan fingerprint density at radius 1 is 1.33 bits per heavy atom. The molecule has 0 fully saturated rings. The molecular formula is C13H16ClF2NO. The number of aryl methyl sites for hydroxylation is 1. The molecule has 1 rings (SSSR count). The minimum atomic E-state index is -0.864. The topological polar surface area (TPSA) is 29.1 Å². The summed E-state index contributed by atoms with van der Waals surface area (Å²) in [4.78, 5) is 11.9. The third-order valence-electron chi connectivity index (χ3n) is 2.66. The first-order chi connectivity index (χ1) is 8.26. The lowest BCUT2D eigenvalue weighted by Crippen LogP contribution is -2.44. The van der Waals surface area contributed by atoms with Crippen LogP contribution in [0, 0.1) is 18.6 Å². The summed E-state index contributed by atoms with van der Waals surface area (Å²) in [5, 5.41) is 2.68. The Hall–Kier alpha value is -1.16. The van der Waals surface area contributed by atoms with Crippen LogP contribution in [0.3, 0.4) is 0 Å². The number of benzene rings is 1. The summed E-state index contributed by atoms with van der Waals surface area (Å²) < 4.78 is 26.6. The Bertz CT molecular complexity index is 461. The van der Waals surface area contributed by atoms with Crippen LogP contribution in [0.4, 0.5) is 8.78 Å². The predicted octanol–water partition coefficient (Wildman–Crippen LogP) is 3.41. The van der Waals surface area contributed by atoms with Crippen molar-refractivity contribution in [2.24, 2.45) is 0 Å². The van der Waals surface area contributed by atoms with Crippen LogP contribution in [0.5, 0.6) is 0 Å². The van der Waals surface area contributed by atoms with Crippen molar-refractivity contribution in [2.75, 3.05) is 5.88 Å². The molecule has 18 heavy (non-hydrogen) atoms. The zero-order valence-corrected chi connectivity index (χ0v) is 11.4. The van der Waals surface area contributed by atoms with Crippen LogP contribution >= 0.6 is 11.6 Å². The number of amides is 1. The fourth-order valence-electron chi connectivity index (χ4n) is 1.50. The molecule has 2 nitrogen and oxygen atoms in total. The van der Waals surface area contributed by atoms with Crippen LogP contribution in [-0.4, -0.2) is 17.3 Å². The van der Waals surface area contributed by atoms with E-state index in [1.165, 1.54) is 13.0 Å². The number of alkyl halides is 1. The van der Waals surface area contributed by atoms with E-state index in [1.54, 1.807) is 13.8 Å². The van der Waals surface area contributed by atoms with E-state index >= 15 is 0 Å². The van der Waals surface area contributed by atoms with Crippen LogP contribution in [0.2, 0.25) is 0 Å². The number of halogens is 3. The molecule has 5 heteroatoms. The third-order valence-corrected chi connectivity index (χ3v) is 2.85. The van der Waals surface area contributed by atoms with Crippen LogP contribution < -0.4 is 5.32 Å². The van der Waals surface area contributed by atoms with Crippen molar-refractivity contribution in [1.29, 1.82) is 0 Å². The molecule has 0 aliphatic heterocycles. The molecule has 0 spiro atoms. The van der Waals surface area contributed by atoms with Gasteiger partial charge in [-0.15, -0.1) is 11.6 Å². The molecule has 0 unspecified atom stereocenters. The molecule has 0 radical (unpaired) electrons. The van der Waals surface area contributed by atoms with Gasteiger partial charge in [0, 0.05) is 17.5 Å². The normalized spacial score (nSPS) is 11.4. The highest BCUT2D eigenvalue weighted by atomic mass is 35.5. The Kier molecular flexibility index (Phi) is 4.68. The maximum absolute atomic E-state index is 13.5. The van der Waals surface area contributed by atoms with E-state index in [9.17, 15) is 13.6 Å². The first-order valence-corrected chi connectivity index (χ1v) is 6.14. The van der Waals surface area contributed by atoms with Gasteiger partial charge in [0.05, 0.1) is 5.56 Å². The molecular weight excluding hydrogens is 260 g/mol. The molecule has 100 valence electrons. The van der Waals surface area contributed by atoms with E-state index in [2.05, 4.69) is 5.32 Å². The number of rotatable bonds is 4. The van der Waals surface area contributed by atoms with Gasteiger partial charge in [-0.05, 0) is 38.8 Å². The monoisotopic (exact) mass is 275 g/mol. The number of carbonyl (C=O) groups is 1. The molecule has 0 aromatic heterocycles. The SMILES string of the molecule is Cc1cc(C(=O)NC(C)(C)CCCl)c(F)cc1F. The van der Waals surface area contributed by atoms with E-state index < -0.39 is 23.1 Å². The molecule has 0 heterocycles. The van der Waals surface area contributed by atoms with Crippen LogP contribution in [-0.2, 0) is 0 Å². The summed E-state index contributed by atoms with van der Waals surface area (Å²) in [5.74, 6) is -1.70. The van der Waals surface area contributed by atoms with Crippen molar-refractivity contribution in [3.05, 3.63) is 34.9 Å². The smallest absolute Gasteiger partial charge is 0.254 e. The second kappa shape index (κ2) is 5.65. The standard InChI is InChI=1S/C13H16ClF2NO/c1-8-6-9(11(16)7-10(8)15)12(18)17-13(2,3)4-5-14/h6-7H,4-5H2,1-3H3,(H,17,18). The van der Waals surface area contributed by atoms with E-state index in [-0.39, 0.29) is 11.1 Å². The molecule has 1 aromatic rings. The van der Waals surface area contributed by atoms with Crippen LogP contribution in [0.1, 0.15) is 36.2 Å². The summed E-state index contributed by atoms with van der Waals surface area (Å²) in [5.41, 5.74) is -0.457. The van der Waals surface area contributed by atoms with E-state index in [0.29, 0.717) is 12.3 Å². The second-order valence-corrected chi connectivity index (χ2v) is 5.24. The molecule has 1 aromatic carbocycles. The minimum absolute atomic E-state index is 0.156. The summed E-state index contributed by atoms with van der Waals surface area (Å²) in [6.45, 7) is 5.07. The molecule has 0 saturated heterocycles. The quantitative estimate of drug-likeness (QED) is 0.839. The number of carbonyl (C=O) groups excluding carboxylic acids is 1. The Morgan fingerprint density at radius 2 is 1.94 bits per heavy atom. The number of nitrogens with one attached hydrogen (secondary N) is 1. The summed E-state index contributed by atoms with van der Waals surface area (Å²) in [6.07, 6.45) is 0.558. The minimum Gasteiger partial charge on any atom is -0.347 e. The highest BCUT2D eigenvalue weighted by Crippen LogP contribution is 2.16. The average Bonchev–Trinajstić information content (AvgIpc) is 2.22. The van der Waals surface area contributed by atoms with Gasteiger partial charge in [0.25, 0.3) is 5.91 Å².